The molecule has 0 aliphatic carbocycles. The molecule has 2 aromatic rings. The maximum Gasteiger partial charge on any atom is 0.264 e. The first-order valence-corrected chi connectivity index (χ1v) is 6.82. The molecule has 6 heteroatoms. The molecule has 0 aliphatic rings. The average Bonchev–Trinajstić information content (AvgIpc) is 2.93. The third kappa shape index (κ3) is 3.72. The molecule has 114 valence electrons. The van der Waals surface area contributed by atoms with E-state index in [2.05, 4.69) is 10.1 Å². The monoisotopic (exact) mass is 292 g/mol. The second kappa shape index (κ2) is 6.58. The van der Waals surface area contributed by atoms with Crippen LogP contribution < -0.4 is 9.47 Å². The highest BCUT2D eigenvalue weighted by Crippen LogP contribution is 2.30. The van der Waals surface area contributed by atoms with Crippen LogP contribution in [-0.2, 0) is 6.61 Å². The Morgan fingerprint density at radius 1 is 1.29 bits per heavy atom. The summed E-state index contributed by atoms with van der Waals surface area (Å²) in [5.41, 5.74) is 0.680. The summed E-state index contributed by atoms with van der Waals surface area (Å²) in [6.45, 7) is 5.80. The molecule has 1 aromatic heterocycles. The number of rotatable bonds is 6. The van der Waals surface area contributed by atoms with Crippen LogP contribution in [0.15, 0.2) is 22.7 Å². The molecule has 6 nitrogen and oxygen atoms in total. The van der Waals surface area contributed by atoms with Gasteiger partial charge in [0.15, 0.2) is 12.4 Å². The number of hydrogen-bond acceptors (Lipinski definition) is 6. The Morgan fingerprint density at radius 3 is 2.62 bits per heavy atom. The molecule has 1 atom stereocenters. The van der Waals surface area contributed by atoms with Crippen LogP contribution in [0.25, 0.3) is 0 Å². The van der Waals surface area contributed by atoms with Crippen molar-refractivity contribution in [3.8, 4) is 11.5 Å². The van der Waals surface area contributed by atoms with E-state index in [1.165, 1.54) is 0 Å². The Kier molecular flexibility index (Phi) is 4.80. The first kappa shape index (κ1) is 15.3. The molecule has 0 aliphatic heterocycles. The van der Waals surface area contributed by atoms with Crippen molar-refractivity contribution in [2.24, 2.45) is 0 Å². The molecule has 0 unspecified atom stereocenters. The molecule has 0 spiro atoms. The van der Waals surface area contributed by atoms with E-state index in [4.69, 9.17) is 14.0 Å². The fraction of sp³-hybridized carbons (Fsp3) is 0.467. The van der Waals surface area contributed by atoms with Gasteiger partial charge in [0, 0.05) is 17.5 Å². The van der Waals surface area contributed by atoms with Gasteiger partial charge >= 0.3 is 0 Å². The number of nitrogens with zero attached hydrogens (tertiary/aromatic N) is 2. The molecule has 2 rings (SSSR count). The van der Waals surface area contributed by atoms with Crippen molar-refractivity contribution >= 4 is 0 Å². The number of aliphatic hydroxyl groups is 1. The van der Waals surface area contributed by atoms with Gasteiger partial charge in [-0.2, -0.15) is 4.98 Å². The summed E-state index contributed by atoms with van der Waals surface area (Å²) >= 11 is 0. The third-order valence-corrected chi connectivity index (χ3v) is 3.02. The topological polar surface area (TPSA) is 77.6 Å². The molecule has 0 radical (unpaired) electrons. The number of benzene rings is 1. The lowest BCUT2D eigenvalue weighted by Crippen LogP contribution is -2.02. The summed E-state index contributed by atoms with van der Waals surface area (Å²) in [5.74, 6) is 2.44. The number of hydrogen-bond donors (Lipinski definition) is 1. The Bertz CT molecular complexity index is 593. The van der Waals surface area contributed by atoms with Gasteiger partial charge in [-0.25, -0.2) is 0 Å². The molecular weight excluding hydrogens is 272 g/mol. The fourth-order valence-corrected chi connectivity index (χ4v) is 1.81. The molecule has 0 amide bonds. The molecule has 0 saturated carbocycles. The Labute approximate surface area is 123 Å². The molecule has 21 heavy (non-hydrogen) atoms. The van der Waals surface area contributed by atoms with Gasteiger partial charge in [-0.05, 0) is 19.1 Å². The second-order valence-corrected chi connectivity index (χ2v) is 5.07. The van der Waals surface area contributed by atoms with E-state index in [-0.39, 0.29) is 12.5 Å². The average molecular weight is 292 g/mol. The summed E-state index contributed by atoms with van der Waals surface area (Å²) in [6, 6.07) is 5.27. The van der Waals surface area contributed by atoms with Gasteiger partial charge in [-0.3, -0.25) is 0 Å². The van der Waals surface area contributed by atoms with Gasteiger partial charge in [0.25, 0.3) is 5.89 Å². The fourth-order valence-electron chi connectivity index (χ4n) is 1.81. The highest BCUT2D eigenvalue weighted by molar-refractivity contribution is 5.41. The minimum absolute atomic E-state index is 0.145. The number of aromatic nitrogens is 2. The van der Waals surface area contributed by atoms with E-state index < -0.39 is 6.10 Å². The van der Waals surface area contributed by atoms with Crippen LogP contribution in [0.3, 0.4) is 0 Å². The van der Waals surface area contributed by atoms with E-state index in [9.17, 15) is 5.11 Å². The van der Waals surface area contributed by atoms with E-state index in [0.29, 0.717) is 28.8 Å². The molecular formula is C15H20N2O4. The SMILES string of the molecule is COc1ccc([C@@H](C)O)c(OCc2nc(C(C)C)no2)c1. The van der Waals surface area contributed by atoms with Crippen LogP contribution in [0, 0.1) is 0 Å². The molecule has 0 fully saturated rings. The maximum absolute atomic E-state index is 9.77. The largest absolute Gasteiger partial charge is 0.497 e. The van der Waals surface area contributed by atoms with Crippen molar-refractivity contribution in [2.45, 2.75) is 39.4 Å². The number of ether oxygens (including phenoxy) is 2. The highest BCUT2D eigenvalue weighted by atomic mass is 16.5. The lowest BCUT2D eigenvalue weighted by molar-refractivity contribution is 0.185. The summed E-state index contributed by atoms with van der Waals surface area (Å²) in [7, 11) is 1.58. The summed E-state index contributed by atoms with van der Waals surface area (Å²) in [5, 5.41) is 13.6. The van der Waals surface area contributed by atoms with Crippen molar-refractivity contribution in [3.63, 3.8) is 0 Å². The predicted octanol–water partition coefficient (Wildman–Crippen LogP) is 2.83. The van der Waals surface area contributed by atoms with Crippen LogP contribution >= 0.6 is 0 Å². The van der Waals surface area contributed by atoms with Gasteiger partial charge < -0.3 is 19.1 Å². The van der Waals surface area contributed by atoms with Crippen LogP contribution in [0.2, 0.25) is 0 Å². The van der Waals surface area contributed by atoms with Crippen LogP contribution in [0.4, 0.5) is 0 Å². The van der Waals surface area contributed by atoms with E-state index in [0.717, 1.165) is 0 Å². The summed E-state index contributed by atoms with van der Waals surface area (Å²) in [6.07, 6.45) is -0.639. The third-order valence-electron chi connectivity index (χ3n) is 3.02. The van der Waals surface area contributed by atoms with Gasteiger partial charge in [0.1, 0.15) is 11.5 Å². The Balaban J connectivity index is 2.14. The normalized spacial score (nSPS) is 12.5. The second-order valence-electron chi connectivity index (χ2n) is 5.07. The van der Waals surface area contributed by atoms with Gasteiger partial charge in [0.2, 0.25) is 0 Å². The molecule has 1 N–H and O–H groups in total. The van der Waals surface area contributed by atoms with Crippen LogP contribution in [0.5, 0.6) is 11.5 Å². The predicted molar refractivity (Wildman–Crippen MR) is 76.3 cm³/mol. The van der Waals surface area contributed by atoms with Crippen LogP contribution in [-0.4, -0.2) is 22.4 Å². The van der Waals surface area contributed by atoms with Gasteiger partial charge in [-0.1, -0.05) is 19.0 Å². The van der Waals surface area contributed by atoms with Crippen LogP contribution in [0.1, 0.15) is 50.1 Å². The minimum atomic E-state index is -0.639. The van der Waals surface area contributed by atoms with E-state index in [1.54, 1.807) is 32.2 Å². The highest BCUT2D eigenvalue weighted by Gasteiger charge is 2.14. The zero-order valence-corrected chi connectivity index (χ0v) is 12.7. The lowest BCUT2D eigenvalue weighted by atomic mass is 10.1. The zero-order chi connectivity index (χ0) is 15.4. The molecule has 0 bridgehead atoms. The van der Waals surface area contributed by atoms with Crippen molar-refractivity contribution in [1.82, 2.24) is 10.1 Å². The molecule has 1 heterocycles. The summed E-state index contributed by atoms with van der Waals surface area (Å²) in [4.78, 5) is 4.25. The van der Waals surface area contributed by atoms with Gasteiger partial charge in [0.05, 0.1) is 13.2 Å². The molecule has 1 aromatic carbocycles. The quantitative estimate of drug-likeness (QED) is 0.882. The van der Waals surface area contributed by atoms with E-state index >= 15 is 0 Å². The van der Waals surface area contributed by atoms with Crippen molar-refractivity contribution in [1.29, 1.82) is 0 Å². The van der Waals surface area contributed by atoms with Crippen molar-refractivity contribution in [2.75, 3.05) is 7.11 Å². The zero-order valence-electron chi connectivity index (χ0n) is 12.7. The standard InChI is InChI=1S/C15H20N2O4/c1-9(2)15-16-14(21-17-15)8-20-13-7-11(19-4)5-6-12(13)10(3)18/h5-7,9-10,18H,8H2,1-4H3/t10-/m1/s1. The van der Waals surface area contributed by atoms with E-state index in [1.807, 2.05) is 13.8 Å². The minimum Gasteiger partial charge on any atom is -0.497 e. The van der Waals surface area contributed by atoms with Gasteiger partial charge in [-0.15, -0.1) is 0 Å². The summed E-state index contributed by atoms with van der Waals surface area (Å²) < 4.78 is 16.0. The Hall–Kier alpha value is -2.08. The number of methoxy groups -OCH3 is 1. The Morgan fingerprint density at radius 2 is 2.05 bits per heavy atom. The first-order chi connectivity index (χ1) is 10.0. The maximum atomic E-state index is 9.77. The molecule has 0 saturated heterocycles. The smallest absolute Gasteiger partial charge is 0.264 e. The van der Waals surface area contributed by atoms with Crippen molar-refractivity contribution in [3.05, 3.63) is 35.5 Å². The lowest BCUT2D eigenvalue weighted by Gasteiger charge is -2.13. The number of aliphatic hydroxyl groups excluding tert-OH is 1. The van der Waals surface area contributed by atoms with Crippen molar-refractivity contribution < 1.29 is 19.1 Å². The first-order valence-electron chi connectivity index (χ1n) is 6.82.